The van der Waals surface area contributed by atoms with Gasteiger partial charge in [0.1, 0.15) is 0 Å². The topological polar surface area (TPSA) is 86.8 Å². The van der Waals surface area contributed by atoms with Gasteiger partial charge in [-0.15, -0.1) is 10.2 Å². The maximum Gasteiger partial charge on any atom is 0.251 e. The number of aryl methyl sites for hydroxylation is 1. The summed E-state index contributed by atoms with van der Waals surface area (Å²) in [6.45, 7) is 6.15. The predicted octanol–water partition coefficient (Wildman–Crippen LogP) is 1.25. The number of piperidine rings is 1. The molecule has 2 aromatic rings. The van der Waals surface area contributed by atoms with Crippen LogP contribution in [0.25, 0.3) is 11.4 Å². The minimum absolute atomic E-state index is 0.0106. The zero-order valence-corrected chi connectivity index (χ0v) is 13.7. The third kappa shape index (κ3) is 3.39. The number of H-pyrrole nitrogens is 1. The van der Waals surface area contributed by atoms with Crippen molar-refractivity contribution in [3.05, 3.63) is 29.3 Å². The molecule has 0 aliphatic carbocycles. The third-order valence-corrected chi connectivity index (χ3v) is 4.50. The van der Waals surface area contributed by atoms with Crippen LogP contribution in [-0.4, -0.2) is 57.6 Å². The summed E-state index contributed by atoms with van der Waals surface area (Å²) in [5.74, 6) is 0.976. The van der Waals surface area contributed by atoms with Crippen molar-refractivity contribution in [2.75, 3.05) is 20.1 Å². The van der Waals surface area contributed by atoms with E-state index in [4.69, 9.17) is 0 Å². The number of carbonyl (C=O) groups excluding carboxylic acids is 1. The molecular weight excluding hydrogens is 292 g/mol. The molecule has 0 bridgehead atoms. The Morgan fingerprint density at radius 2 is 2.26 bits per heavy atom. The van der Waals surface area contributed by atoms with Crippen molar-refractivity contribution in [2.24, 2.45) is 5.92 Å². The Labute approximate surface area is 135 Å². The molecule has 2 heterocycles. The van der Waals surface area contributed by atoms with E-state index >= 15 is 0 Å². The number of benzene rings is 1. The van der Waals surface area contributed by atoms with Crippen molar-refractivity contribution >= 4 is 5.91 Å². The molecule has 23 heavy (non-hydrogen) atoms. The summed E-state index contributed by atoms with van der Waals surface area (Å²) in [6, 6.07) is 5.83. The average Bonchev–Trinajstić information content (AvgIpc) is 3.04. The van der Waals surface area contributed by atoms with Crippen molar-refractivity contribution < 1.29 is 4.79 Å². The first-order valence-corrected chi connectivity index (χ1v) is 7.88. The SMILES string of the molecule is Cc1cc(-c2nn[nH]n2)ccc1C(=O)NC1CCN(C)CC1C. The lowest BCUT2D eigenvalue weighted by atomic mass is 9.93. The highest BCUT2D eigenvalue weighted by Gasteiger charge is 2.26. The van der Waals surface area contributed by atoms with Crippen LogP contribution in [0.3, 0.4) is 0 Å². The van der Waals surface area contributed by atoms with Crippen molar-refractivity contribution in [1.82, 2.24) is 30.8 Å². The number of nitrogens with one attached hydrogen (secondary N) is 2. The normalized spacial score (nSPS) is 22.0. The fourth-order valence-corrected chi connectivity index (χ4v) is 3.16. The summed E-state index contributed by atoms with van der Waals surface area (Å²) in [5, 5.41) is 17.1. The van der Waals surface area contributed by atoms with Crippen LogP contribution in [0.15, 0.2) is 18.2 Å². The second-order valence-corrected chi connectivity index (χ2v) is 6.37. The summed E-state index contributed by atoms with van der Waals surface area (Å²) in [5.41, 5.74) is 2.45. The highest BCUT2D eigenvalue weighted by molar-refractivity contribution is 5.96. The molecule has 2 unspecified atom stereocenters. The van der Waals surface area contributed by atoms with E-state index in [9.17, 15) is 4.79 Å². The van der Waals surface area contributed by atoms with Crippen LogP contribution < -0.4 is 5.32 Å². The predicted molar refractivity (Wildman–Crippen MR) is 86.9 cm³/mol. The Balaban J connectivity index is 1.72. The standard InChI is InChI=1S/C16H22N6O/c1-10-8-12(15-18-20-21-19-15)4-5-13(10)16(23)17-14-6-7-22(3)9-11(14)2/h4-5,8,11,14H,6-7,9H2,1-3H3,(H,17,23)(H,18,19,20,21). The molecule has 0 radical (unpaired) electrons. The molecule has 2 atom stereocenters. The van der Waals surface area contributed by atoms with Gasteiger partial charge in [0.2, 0.25) is 5.82 Å². The van der Waals surface area contributed by atoms with E-state index < -0.39 is 0 Å². The highest BCUT2D eigenvalue weighted by Crippen LogP contribution is 2.20. The van der Waals surface area contributed by atoms with Gasteiger partial charge < -0.3 is 10.2 Å². The fourth-order valence-electron chi connectivity index (χ4n) is 3.16. The second-order valence-electron chi connectivity index (χ2n) is 6.37. The lowest BCUT2D eigenvalue weighted by Crippen LogP contribution is -2.48. The summed E-state index contributed by atoms with van der Waals surface area (Å²) in [7, 11) is 2.12. The van der Waals surface area contributed by atoms with Gasteiger partial charge in [-0.25, -0.2) is 0 Å². The van der Waals surface area contributed by atoms with Gasteiger partial charge in [0.15, 0.2) is 0 Å². The maximum atomic E-state index is 12.6. The Bertz CT molecular complexity index is 684. The average molecular weight is 314 g/mol. The number of aromatic amines is 1. The summed E-state index contributed by atoms with van der Waals surface area (Å²) < 4.78 is 0. The van der Waals surface area contributed by atoms with Crippen LogP contribution in [0, 0.1) is 12.8 Å². The van der Waals surface area contributed by atoms with Gasteiger partial charge in [-0.05, 0) is 55.8 Å². The molecular formula is C16H22N6O. The molecule has 1 saturated heterocycles. The fraction of sp³-hybridized carbons (Fsp3) is 0.500. The van der Waals surface area contributed by atoms with Crippen LogP contribution in [0.1, 0.15) is 29.3 Å². The first kappa shape index (κ1) is 15.6. The Morgan fingerprint density at radius 1 is 1.43 bits per heavy atom. The Kier molecular flexibility index (Phi) is 4.38. The van der Waals surface area contributed by atoms with E-state index in [0.717, 1.165) is 30.6 Å². The second kappa shape index (κ2) is 6.45. The molecule has 1 fully saturated rings. The zero-order valence-electron chi connectivity index (χ0n) is 13.7. The number of carbonyl (C=O) groups is 1. The highest BCUT2D eigenvalue weighted by atomic mass is 16.1. The summed E-state index contributed by atoms with van der Waals surface area (Å²) >= 11 is 0. The number of amides is 1. The van der Waals surface area contributed by atoms with Crippen molar-refractivity contribution in [3.63, 3.8) is 0 Å². The van der Waals surface area contributed by atoms with Crippen LogP contribution in [0.5, 0.6) is 0 Å². The number of nitrogens with zero attached hydrogens (tertiary/aromatic N) is 4. The molecule has 1 aromatic heterocycles. The quantitative estimate of drug-likeness (QED) is 0.890. The zero-order chi connectivity index (χ0) is 16.4. The Morgan fingerprint density at radius 3 is 2.91 bits per heavy atom. The molecule has 0 spiro atoms. The third-order valence-electron chi connectivity index (χ3n) is 4.50. The van der Waals surface area contributed by atoms with Crippen LogP contribution in [0.4, 0.5) is 0 Å². The first-order chi connectivity index (χ1) is 11.0. The van der Waals surface area contributed by atoms with Gasteiger partial charge in [0, 0.05) is 23.7 Å². The first-order valence-electron chi connectivity index (χ1n) is 7.88. The largest absolute Gasteiger partial charge is 0.349 e. The lowest BCUT2D eigenvalue weighted by Gasteiger charge is -2.35. The monoisotopic (exact) mass is 314 g/mol. The van der Waals surface area contributed by atoms with Gasteiger partial charge in [-0.3, -0.25) is 4.79 Å². The van der Waals surface area contributed by atoms with Crippen LogP contribution >= 0.6 is 0 Å². The number of rotatable bonds is 3. The molecule has 1 aromatic carbocycles. The molecule has 2 N–H and O–H groups in total. The van der Waals surface area contributed by atoms with Gasteiger partial charge in [0.25, 0.3) is 5.91 Å². The van der Waals surface area contributed by atoms with Gasteiger partial charge in [0.05, 0.1) is 0 Å². The van der Waals surface area contributed by atoms with E-state index in [1.807, 2.05) is 25.1 Å². The van der Waals surface area contributed by atoms with Gasteiger partial charge in [-0.2, -0.15) is 5.21 Å². The van der Waals surface area contributed by atoms with Crippen LogP contribution in [-0.2, 0) is 0 Å². The lowest BCUT2D eigenvalue weighted by molar-refractivity contribution is 0.0883. The van der Waals surface area contributed by atoms with Crippen molar-refractivity contribution in [2.45, 2.75) is 26.3 Å². The molecule has 122 valence electrons. The molecule has 3 rings (SSSR count). The smallest absolute Gasteiger partial charge is 0.251 e. The number of hydrogen-bond donors (Lipinski definition) is 2. The van der Waals surface area contributed by atoms with Crippen molar-refractivity contribution in [1.29, 1.82) is 0 Å². The Hall–Kier alpha value is -2.28. The molecule has 1 aliphatic rings. The molecule has 7 heteroatoms. The van der Waals surface area contributed by atoms with Crippen LogP contribution in [0.2, 0.25) is 0 Å². The molecule has 1 amide bonds. The molecule has 0 saturated carbocycles. The summed E-state index contributed by atoms with van der Waals surface area (Å²) in [6.07, 6.45) is 0.989. The minimum Gasteiger partial charge on any atom is -0.349 e. The van der Waals surface area contributed by atoms with E-state index in [2.05, 4.69) is 44.8 Å². The van der Waals surface area contributed by atoms with E-state index in [0.29, 0.717) is 17.3 Å². The number of aromatic nitrogens is 4. The van der Waals surface area contributed by atoms with Crippen molar-refractivity contribution in [3.8, 4) is 11.4 Å². The molecule has 7 nitrogen and oxygen atoms in total. The van der Waals surface area contributed by atoms with E-state index in [-0.39, 0.29) is 11.9 Å². The maximum absolute atomic E-state index is 12.6. The molecule has 1 aliphatic heterocycles. The van der Waals surface area contributed by atoms with Gasteiger partial charge >= 0.3 is 0 Å². The van der Waals surface area contributed by atoms with E-state index in [1.54, 1.807) is 0 Å². The minimum atomic E-state index is -0.0106. The number of likely N-dealkylation sites (tertiary alicyclic amines) is 1. The van der Waals surface area contributed by atoms with Gasteiger partial charge in [-0.1, -0.05) is 13.0 Å². The van der Waals surface area contributed by atoms with E-state index in [1.165, 1.54) is 0 Å². The number of hydrogen-bond acceptors (Lipinski definition) is 5. The summed E-state index contributed by atoms with van der Waals surface area (Å²) in [4.78, 5) is 14.9. The number of tetrazole rings is 1.